The van der Waals surface area contributed by atoms with Crippen molar-refractivity contribution in [3.8, 4) is 17.0 Å². The number of hydrogen-bond acceptors (Lipinski definition) is 10. The van der Waals surface area contributed by atoms with E-state index in [1.54, 1.807) is 30.6 Å². The number of pyridine rings is 1. The molecule has 3 aromatic heterocycles. The minimum absolute atomic E-state index is 0.137. The number of aromatic amines is 1. The summed E-state index contributed by atoms with van der Waals surface area (Å²) in [5, 5.41) is 47.3. The number of carbonyl (C=O) groups is 1. The minimum atomic E-state index is -1.74. The Morgan fingerprint density at radius 2 is 2.27 bits per heavy atom. The number of hydrogen-bond donors (Lipinski definition) is 6. The summed E-state index contributed by atoms with van der Waals surface area (Å²) in [5.74, 6) is -0.611. The van der Waals surface area contributed by atoms with Gasteiger partial charge in [0.15, 0.2) is 17.8 Å². The second kappa shape index (κ2) is 8.16. The molecule has 1 aliphatic rings. The van der Waals surface area contributed by atoms with Crippen molar-refractivity contribution in [1.29, 1.82) is 0 Å². The first-order valence-electron chi connectivity index (χ1n) is 10.0. The highest BCUT2D eigenvalue weighted by atomic mass is 16.5. The Hall–Kier alpha value is -4.01. The summed E-state index contributed by atoms with van der Waals surface area (Å²) < 4.78 is 6.81. The van der Waals surface area contributed by atoms with Crippen LogP contribution in [0.3, 0.4) is 0 Å². The maximum Gasteiger partial charge on any atom is 0.547 e. The normalized spacial score (nSPS) is 15.5. The van der Waals surface area contributed by atoms with E-state index in [0.29, 0.717) is 33.7 Å². The Kier molecular flexibility index (Phi) is 5.16. The van der Waals surface area contributed by atoms with Gasteiger partial charge in [-0.15, -0.1) is 5.10 Å². The van der Waals surface area contributed by atoms with Gasteiger partial charge in [-0.1, -0.05) is 23.4 Å². The van der Waals surface area contributed by atoms with Gasteiger partial charge in [0.2, 0.25) is 5.91 Å². The van der Waals surface area contributed by atoms with Crippen LogP contribution < -0.4 is 15.7 Å². The van der Waals surface area contributed by atoms with Crippen molar-refractivity contribution in [2.75, 3.05) is 5.73 Å². The Balaban J connectivity index is 1.26. The first-order valence-corrected chi connectivity index (χ1v) is 10.0. The van der Waals surface area contributed by atoms with Crippen LogP contribution in [0.15, 0.2) is 36.7 Å². The van der Waals surface area contributed by atoms with Crippen LogP contribution in [0.1, 0.15) is 17.4 Å². The lowest BCUT2D eigenvalue weighted by molar-refractivity contribution is -0.122. The first-order chi connectivity index (χ1) is 15.9. The first kappa shape index (κ1) is 20.9. The molecule has 0 unspecified atom stereocenters. The van der Waals surface area contributed by atoms with E-state index in [4.69, 9.17) is 10.4 Å². The van der Waals surface area contributed by atoms with Gasteiger partial charge >= 0.3 is 7.12 Å². The van der Waals surface area contributed by atoms with Crippen LogP contribution in [-0.4, -0.2) is 64.4 Å². The standard InChI is InChI=1S/C19H19BN8O5/c21-17-12-4-10(6-22-18(12)26-25-17)13-7-28(27-24-13)8-15(29)23-14-5-9-2-1-3-11(19(30)31)16(9)33-20(14)32/h1-4,6-7,14,19,30-32H,5,8H2,(H,23,29)(H3,21,22,25,26)/t14-/m0/s1. The quantitative estimate of drug-likeness (QED) is 0.161. The van der Waals surface area contributed by atoms with Gasteiger partial charge in [0, 0.05) is 17.3 Å². The fourth-order valence-electron chi connectivity index (χ4n) is 3.75. The smallest absolute Gasteiger partial charge is 0.534 e. The molecule has 13 nitrogen and oxygen atoms in total. The van der Waals surface area contributed by atoms with Crippen molar-refractivity contribution in [2.45, 2.75) is 25.2 Å². The molecule has 1 amide bonds. The Labute approximate surface area is 186 Å². The lowest BCUT2D eigenvalue weighted by atomic mass is 9.72. The van der Waals surface area contributed by atoms with Gasteiger partial charge < -0.3 is 30.9 Å². The zero-order valence-corrected chi connectivity index (χ0v) is 17.1. The second-order valence-corrected chi connectivity index (χ2v) is 7.63. The number of fused-ring (bicyclic) bond motifs is 2. The SMILES string of the molecule is Nc1n[nH]c2ncc(-c3cn(CC(=O)N[C@H]4Cc5cccc(C(O)O)c5OB4O)nn3)cc12. The minimum Gasteiger partial charge on any atom is -0.534 e. The van der Waals surface area contributed by atoms with Crippen molar-refractivity contribution < 1.29 is 24.7 Å². The molecule has 33 heavy (non-hydrogen) atoms. The second-order valence-electron chi connectivity index (χ2n) is 7.63. The predicted octanol–water partition coefficient (Wildman–Crippen LogP) is -1.08. The number of anilines is 1. The third-order valence-corrected chi connectivity index (χ3v) is 5.36. The van der Waals surface area contributed by atoms with Crippen LogP contribution in [-0.2, 0) is 17.8 Å². The molecule has 0 saturated carbocycles. The number of amides is 1. The number of aliphatic hydroxyl groups excluding tert-OH is 1. The molecule has 1 atom stereocenters. The molecule has 0 bridgehead atoms. The third-order valence-electron chi connectivity index (χ3n) is 5.36. The molecule has 168 valence electrons. The van der Waals surface area contributed by atoms with Gasteiger partial charge in [0.1, 0.15) is 18.0 Å². The molecule has 0 saturated heterocycles. The third kappa shape index (κ3) is 3.97. The van der Waals surface area contributed by atoms with Crippen LogP contribution in [0, 0.1) is 0 Å². The maximum atomic E-state index is 12.6. The number of benzene rings is 1. The molecular weight excluding hydrogens is 431 g/mol. The van der Waals surface area contributed by atoms with Gasteiger partial charge in [-0.2, -0.15) is 5.10 Å². The highest BCUT2D eigenvalue weighted by Crippen LogP contribution is 2.33. The molecular formula is C19H19BN8O5. The fraction of sp³-hybridized carbons (Fsp3) is 0.211. The average Bonchev–Trinajstić information content (AvgIpc) is 3.40. The van der Waals surface area contributed by atoms with Gasteiger partial charge in [-0.05, 0) is 18.1 Å². The molecule has 4 aromatic rings. The number of H-pyrrole nitrogens is 1. The number of carbonyl (C=O) groups excluding carboxylic acids is 1. The lowest BCUT2D eigenvalue weighted by Crippen LogP contribution is -2.53. The molecule has 4 heterocycles. The fourth-order valence-corrected chi connectivity index (χ4v) is 3.75. The number of nitrogen functional groups attached to an aromatic ring is 1. The zero-order valence-electron chi connectivity index (χ0n) is 17.1. The number of aromatic nitrogens is 6. The van der Waals surface area contributed by atoms with E-state index in [-0.39, 0.29) is 24.3 Å². The summed E-state index contributed by atoms with van der Waals surface area (Å²) in [7, 11) is -1.36. The molecule has 7 N–H and O–H groups in total. The Morgan fingerprint density at radius 3 is 3.09 bits per heavy atom. The van der Waals surface area contributed by atoms with Gasteiger partial charge in [-0.25, -0.2) is 9.67 Å². The number of nitrogens with zero attached hydrogens (tertiary/aromatic N) is 5. The van der Waals surface area contributed by atoms with Gasteiger partial charge in [-0.3, -0.25) is 9.89 Å². The summed E-state index contributed by atoms with van der Waals surface area (Å²) in [6, 6.07) is 6.65. The number of nitrogens with one attached hydrogen (secondary N) is 2. The Bertz CT molecular complexity index is 1340. The largest absolute Gasteiger partial charge is 0.547 e. The molecule has 0 fully saturated rings. The summed E-state index contributed by atoms with van der Waals surface area (Å²) in [6.45, 7) is -0.137. The summed E-state index contributed by atoms with van der Waals surface area (Å²) in [4.78, 5) is 16.8. The topological polar surface area (TPSA) is 197 Å². The molecule has 0 aliphatic carbocycles. The van der Waals surface area contributed by atoms with Crippen molar-refractivity contribution in [2.24, 2.45) is 0 Å². The van der Waals surface area contributed by atoms with Crippen LogP contribution >= 0.6 is 0 Å². The van der Waals surface area contributed by atoms with Crippen molar-refractivity contribution in [3.05, 3.63) is 47.8 Å². The van der Waals surface area contributed by atoms with Crippen LogP contribution in [0.4, 0.5) is 5.82 Å². The van der Waals surface area contributed by atoms with Gasteiger partial charge in [0.05, 0.1) is 17.5 Å². The predicted molar refractivity (Wildman–Crippen MR) is 115 cm³/mol. The molecule has 14 heteroatoms. The summed E-state index contributed by atoms with van der Waals surface area (Å²) >= 11 is 0. The van der Waals surface area contributed by atoms with E-state index in [1.807, 2.05) is 0 Å². The molecule has 5 rings (SSSR count). The van der Waals surface area contributed by atoms with E-state index in [0.717, 1.165) is 0 Å². The summed E-state index contributed by atoms with van der Waals surface area (Å²) in [6.07, 6.45) is 1.71. The maximum absolute atomic E-state index is 12.6. The van der Waals surface area contributed by atoms with E-state index < -0.39 is 25.3 Å². The summed E-state index contributed by atoms with van der Waals surface area (Å²) in [5.41, 5.74) is 8.32. The van der Waals surface area contributed by atoms with Crippen molar-refractivity contribution in [3.63, 3.8) is 0 Å². The number of para-hydroxylation sites is 1. The monoisotopic (exact) mass is 450 g/mol. The molecule has 0 radical (unpaired) electrons. The van der Waals surface area contributed by atoms with Crippen LogP contribution in [0.5, 0.6) is 5.75 Å². The highest BCUT2D eigenvalue weighted by Gasteiger charge is 2.37. The van der Waals surface area contributed by atoms with Crippen LogP contribution in [0.25, 0.3) is 22.3 Å². The van der Waals surface area contributed by atoms with E-state index in [1.165, 1.54) is 10.7 Å². The van der Waals surface area contributed by atoms with E-state index in [2.05, 4.69) is 30.8 Å². The van der Waals surface area contributed by atoms with E-state index in [9.17, 15) is 20.0 Å². The van der Waals surface area contributed by atoms with Crippen LogP contribution in [0.2, 0.25) is 0 Å². The Morgan fingerprint density at radius 1 is 1.42 bits per heavy atom. The number of nitrogens with two attached hydrogens (primary N) is 1. The highest BCUT2D eigenvalue weighted by molar-refractivity contribution is 6.46. The molecule has 1 aliphatic heterocycles. The number of rotatable bonds is 5. The molecule has 0 spiro atoms. The molecule has 1 aromatic carbocycles. The van der Waals surface area contributed by atoms with Crippen molar-refractivity contribution in [1.82, 2.24) is 35.5 Å². The average molecular weight is 450 g/mol. The van der Waals surface area contributed by atoms with Gasteiger partial charge in [0.25, 0.3) is 0 Å². The zero-order chi connectivity index (χ0) is 23.1. The van der Waals surface area contributed by atoms with Crippen molar-refractivity contribution >= 4 is 29.9 Å². The van der Waals surface area contributed by atoms with E-state index >= 15 is 0 Å². The number of aliphatic hydroxyl groups is 2. The lowest BCUT2D eigenvalue weighted by Gasteiger charge is -2.29.